The lowest BCUT2D eigenvalue weighted by Crippen LogP contribution is -2.41. The Bertz CT molecular complexity index is 2670. The molecule has 29 heteroatoms. The molecule has 2 aromatic carbocycles. The topological polar surface area (TPSA) is 340 Å². The van der Waals surface area contributed by atoms with E-state index in [1.165, 1.54) is 0 Å². The van der Waals surface area contributed by atoms with Gasteiger partial charge in [-0.05, 0) is 42.1 Å². The second-order valence-corrected chi connectivity index (χ2v) is 20.4. The number of carbonyl (C=O) groups excluding carboxylic acids is 2. The van der Waals surface area contributed by atoms with Gasteiger partial charge < -0.3 is 60.3 Å². The van der Waals surface area contributed by atoms with Crippen molar-refractivity contribution in [3.63, 3.8) is 0 Å². The highest BCUT2D eigenvalue weighted by Gasteiger charge is 2.49. The predicted molar refractivity (Wildman–Crippen MR) is 230 cm³/mol. The molecule has 1 aliphatic heterocycles. The summed E-state index contributed by atoms with van der Waals surface area (Å²) in [4.78, 5) is 90.7. The number of nitrogens with zero attached hydrogens (tertiary/aromatic N) is 6. The van der Waals surface area contributed by atoms with E-state index >= 15 is 0 Å². The summed E-state index contributed by atoms with van der Waals surface area (Å²) in [5.74, 6) is -0.602. The first-order valence-electron chi connectivity index (χ1n) is 18.8. The summed E-state index contributed by atoms with van der Waals surface area (Å²) in [7, 11) is -3.36. The minimum Gasteiger partial charge on any atom is -0.439 e. The second-order valence-electron chi connectivity index (χ2n) is 14.5. The number of fused-ring (bicyclic) bond motifs is 3. The third-order valence-electron chi connectivity index (χ3n) is 9.55. The van der Waals surface area contributed by atoms with Crippen molar-refractivity contribution in [2.45, 2.75) is 43.9 Å². The van der Waals surface area contributed by atoms with Gasteiger partial charge in [0.15, 0.2) is 23.5 Å². The first-order valence-corrected chi connectivity index (χ1v) is 24.4. The number of aliphatic hydroxyl groups is 1. The average Bonchev–Trinajstić information content (AvgIpc) is 3.73. The van der Waals surface area contributed by atoms with E-state index in [0.717, 1.165) is 44.1 Å². The third kappa shape index (κ3) is 11.9. The number of ether oxygens (including phenoxy) is 2. The number of aryl methyl sites for hydroxylation is 1. The first-order chi connectivity index (χ1) is 29.5. The summed E-state index contributed by atoms with van der Waals surface area (Å²) in [6.45, 7) is -5.52. The SMILES string of the molecule is CN(C)c1ccc2cc3ccc(N(C)C)cc3[n+](CCCC(=O)NCCNC(=O)O[C@@H]3[C@H](O)[C@@H](COP(=O)(O)OP(=O)(O)OP(O)(O)=S)O[C@H]3n3cnc4c(=O)[nH]c(N)nc43)c2c1. The van der Waals surface area contributed by atoms with E-state index in [0.29, 0.717) is 13.0 Å². The van der Waals surface area contributed by atoms with Crippen LogP contribution in [0.3, 0.4) is 0 Å². The Balaban J connectivity index is 1.07. The van der Waals surface area contributed by atoms with Crippen molar-refractivity contribution in [3.05, 3.63) is 59.1 Å². The van der Waals surface area contributed by atoms with E-state index in [2.05, 4.69) is 97.6 Å². The number of hydrogen-bond donors (Lipinski definition) is 9. The molecule has 63 heavy (non-hydrogen) atoms. The van der Waals surface area contributed by atoms with E-state index in [9.17, 15) is 38.4 Å². The molecule has 1 aliphatic rings. The van der Waals surface area contributed by atoms with E-state index in [-0.39, 0.29) is 42.5 Å². The highest BCUT2D eigenvalue weighted by molar-refractivity contribution is 8.08. The number of amides is 2. The minimum atomic E-state index is -5.66. The van der Waals surface area contributed by atoms with E-state index in [1.54, 1.807) is 0 Å². The number of aromatic amines is 1. The van der Waals surface area contributed by atoms with Gasteiger partial charge in [-0.1, -0.05) is 0 Å². The molecule has 0 spiro atoms. The lowest BCUT2D eigenvalue weighted by atomic mass is 10.1. The number of aliphatic hydroxyl groups excluding tert-OH is 1. The molecule has 6 atom stereocenters. The number of phosphoric acid groups is 2. The number of nitrogen functional groups attached to an aromatic ring is 1. The fourth-order valence-corrected chi connectivity index (χ4v) is 10.5. The second kappa shape index (κ2) is 19.2. The Morgan fingerprint density at radius 3 is 2.19 bits per heavy atom. The Kier molecular flexibility index (Phi) is 14.6. The van der Waals surface area contributed by atoms with E-state index in [1.807, 2.05) is 38.0 Å². The zero-order valence-electron chi connectivity index (χ0n) is 34.0. The molecular formula is C34H46N10O15P3S+. The van der Waals surface area contributed by atoms with Crippen LogP contribution in [-0.2, 0) is 54.9 Å². The van der Waals surface area contributed by atoms with Crippen LogP contribution in [0.4, 0.5) is 22.1 Å². The molecule has 0 saturated carbocycles. The highest BCUT2D eigenvalue weighted by Crippen LogP contribution is 2.66. The van der Waals surface area contributed by atoms with Gasteiger partial charge >= 0.3 is 28.5 Å². The molecule has 342 valence electrons. The maximum absolute atomic E-state index is 13.1. The largest absolute Gasteiger partial charge is 0.488 e. The number of phosphoric ester groups is 1. The number of nitrogens with two attached hydrogens (primary N) is 1. The summed E-state index contributed by atoms with van der Waals surface area (Å²) in [5, 5.41) is 18.5. The molecule has 6 rings (SSSR count). The van der Waals surface area contributed by atoms with Crippen LogP contribution < -0.4 is 36.3 Å². The lowest BCUT2D eigenvalue weighted by Gasteiger charge is -2.22. The number of rotatable bonds is 18. The number of alkyl carbamates (subject to hydrolysis) is 1. The van der Waals surface area contributed by atoms with Crippen molar-refractivity contribution in [2.75, 3.05) is 63.4 Å². The van der Waals surface area contributed by atoms with Crippen LogP contribution in [0.25, 0.3) is 33.0 Å². The van der Waals surface area contributed by atoms with Gasteiger partial charge in [-0.25, -0.2) is 23.2 Å². The summed E-state index contributed by atoms with van der Waals surface area (Å²) in [6, 6.07) is 14.6. The van der Waals surface area contributed by atoms with Crippen molar-refractivity contribution in [2.24, 2.45) is 0 Å². The lowest BCUT2D eigenvalue weighted by molar-refractivity contribution is -0.645. The molecule has 0 bridgehead atoms. The van der Waals surface area contributed by atoms with Crippen molar-refractivity contribution in [1.82, 2.24) is 30.2 Å². The number of carbonyl (C=O) groups is 2. The van der Waals surface area contributed by atoms with E-state index < -0.39 is 65.2 Å². The first kappa shape index (κ1) is 47.8. The van der Waals surface area contributed by atoms with Gasteiger partial charge in [-0.3, -0.25) is 23.7 Å². The zero-order valence-corrected chi connectivity index (χ0v) is 37.5. The molecule has 4 heterocycles. The Morgan fingerprint density at radius 1 is 0.968 bits per heavy atom. The molecule has 1 fully saturated rings. The van der Waals surface area contributed by atoms with Crippen LogP contribution in [-0.4, -0.2) is 122 Å². The maximum atomic E-state index is 13.1. The van der Waals surface area contributed by atoms with Crippen LogP contribution in [0.2, 0.25) is 0 Å². The third-order valence-corrected chi connectivity index (χ3v) is 14.0. The molecule has 0 radical (unpaired) electrons. The van der Waals surface area contributed by atoms with Crippen LogP contribution in [0.1, 0.15) is 19.1 Å². The molecule has 2 unspecified atom stereocenters. The van der Waals surface area contributed by atoms with Gasteiger partial charge in [0.2, 0.25) is 22.9 Å². The monoisotopic (exact) mass is 959 g/mol. The molecule has 3 aromatic heterocycles. The Morgan fingerprint density at radius 2 is 1.59 bits per heavy atom. The van der Waals surface area contributed by atoms with Crippen LogP contribution in [0.5, 0.6) is 0 Å². The van der Waals surface area contributed by atoms with Crippen LogP contribution in [0, 0.1) is 0 Å². The summed E-state index contributed by atoms with van der Waals surface area (Å²) in [5.41, 5.74) is 8.66. The van der Waals surface area contributed by atoms with Crippen molar-refractivity contribution in [3.8, 4) is 0 Å². The van der Waals surface area contributed by atoms with Gasteiger partial charge in [0.1, 0.15) is 18.8 Å². The predicted octanol–water partition coefficient (Wildman–Crippen LogP) is 0.837. The fourth-order valence-electron chi connectivity index (χ4n) is 6.70. The van der Waals surface area contributed by atoms with Gasteiger partial charge in [0.05, 0.1) is 12.9 Å². The number of benzene rings is 2. The Labute approximate surface area is 362 Å². The van der Waals surface area contributed by atoms with E-state index in [4.69, 9.17) is 25.0 Å². The number of H-pyrrole nitrogens is 1. The van der Waals surface area contributed by atoms with Gasteiger partial charge in [-0.2, -0.15) is 13.9 Å². The van der Waals surface area contributed by atoms with Gasteiger partial charge in [0.25, 0.3) is 5.56 Å². The maximum Gasteiger partial charge on any atom is 0.488 e. The van der Waals surface area contributed by atoms with Crippen LogP contribution >= 0.6 is 22.4 Å². The van der Waals surface area contributed by atoms with Gasteiger partial charge in [0, 0.05) is 88.4 Å². The molecule has 5 aromatic rings. The smallest absolute Gasteiger partial charge is 0.439 e. The molecule has 0 aliphatic carbocycles. The molecule has 25 nitrogen and oxygen atoms in total. The average molecular weight is 960 g/mol. The van der Waals surface area contributed by atoms with Crippen molar-refractivity contribution < 1.29 is 70.6 Å². The summed E-state index contributed by atoms with van der Waals surface area (Å²) >= 11 is 4.07. The number of nitrogens with one attached hydrogen (secondary N) is 3. The summed E-state index contributed by atoms with van der Waals surface area (Å²) in [6.07, 6.45) is -6.11. The molecule has 1 saturated heterocycles. The minimum absolute atomic E-state index is 0.0102. The Hall–Kier alpha value is -4.65. The van der Waals surface area contributed by atoms with Crippen molar-refractivity contribution in [1.29, 1.82) is 0 Å². The quantitative estimate of drug-likeness (QED) is 0.0254. The molecule has 10 N–H and O–H groups in total. The number of pyridine rings is 1. The zero-order chi connectivity index (χ0) is 46.0. The standard InChI is InChI=1S/C34H45N10O15P3S/c1-41(2)21-9-7-19-14-20-8-10-22(42(3)4)16-24(20)43(23(19)15-21)13-5-6-26(45)36-11-12-37-34(48)57-29-28(46)25(17-55-60(49,50)58-61(51,52)59-62(53,54)63)56-32(29)44-18-38-27-30(44)39-33(35)40-31(27)47/h7-10,14-16,18,25,28-29,32,46H,5-6,11-13,17H2,1-4H3,(H8-,35,36,37,39,40,45,47,48,49,50,51,52,53,54,63)/p+1/t25-,28-,29-,32-/m1/s1. The normalized spacial score (nSPS) is 19.8. The number of hydrogen-bond acceptors (Lipinski definition) is 17. The molecule has 2 amide bonds. The number of anilines is 3. The van der Waals surface area contributed by atoms with Crippen LogP contribution in [0.15, 0.2) is 53.6 Å². The number of imidazole rings is 1. The van der Waals surface area contributed by atoms with Gasteiger partial charge in [-0.15, -0.1) is 0 Å². The molecular weight excluding hydrogens is 913 g/mol. The van der Waals surface area contributed by atoms with Crippen molar-refractivity contribution >= 4 is 96.5 Å². The highest BCUT2D eigenvalue weighted by atomic mass is 32.5. The summed E-state index contributed by atoms with van der Waals surface area (Å²) < 4.78 is 51.5. The fraction of sp³-hybridized carbons (Fsp3) is 0.412. The number of aromatic nitrogens is 5.